The zero-order valence-corrected chi connectivity index (χ0v) is 13.1. The summed E-state index contributed by atoms with van der Waals surface area (Å²) in [4.78, 5) is 23.6. The van der Waals surface area contributed by atoms with Crippen LogP contribution in [0.3, 0.4) is 0 Å². The first-order valence-corrected chi connectivity index (χ1v) is 7.41. The average molecular weight is 304 g/mol. The molecule has 0 amide bonds. The lowest BCUT2D eigenvalue weighted by Gasteiger charge is -2.09. The van der Waals surface area contributed by atoms with Crippen molar-refractivity contribution < 1.29 is 18.7 Å². The summed E-state index contributed by atoms with van der Waals surface area (Å²) in [7, 11) is 0. The highest BCUT2D eigenvalue weighted by molar-refractivity contribution is 5.82. The van der Waals surface area contributed by atoms with Crippen LogP contribution >= 0.6 is 0 Å². The van der Waals surface area contributed by atoms with Crippen LogP contribution < -0.4 is 10.4 Å². The summed E-state index contributed by atoms with van der Waals surface area (Å²) in [5.41, 5.74) is 1.43. The molecule has 0 aliphatic carbocycles. The van der Waals surface area contributed by atoms with E-state index in [0.29, 0.717) is 36.5 Å². The molecule has 0 saturated heterocycles. The van der Waals surface area contributed by atoms with E-state index in [9.17, 15) is 9.59 Å². The summed E-state index contributed by atoms with van der Waals surface area (Å²) in [5, 5.41) is 0.849. The smallest absolute Gasteiger partial charge is 0.339 e. The Morgan fingerprint density at radius 2 is 2.00 bits per heavy atom. The van der Waals surface area contributed by atoms with Crippen molar-refractivity contribution in [3.63, 3.8) is 0 Å². The van der Waals surface area contributed by atoms with Gasteiger partial charge in [-0.3, -0.25) is 4.79 Å². The number of rotatable bonds is 6. The van der Waals surface area contributed by atoms with Gasteiger partial charge >= 0.3 is 11.6 Å². The minimum atomic E-state index is -0.414. The minimum Gasteiger partial charge on any atom is -0.494 e. The van der Waals surface area contributed by atoms with Crippen molar-refractivity contribution >= 4 is 16.9 Å². The van der Waals surface area contributed by atoms with Crippen molar-refractivity contribution in [1.29, 1.82) is 0 Å². The molecule has 5 heteroatoms. The molecule has 1 heterocycles. The second-order valence-electron chi connectivity index (χ2n) is 4.89. The van der Waals surface area contributed by atoms with Gasteiger partial charge in [-0.15, -0.1) is 0 Å². The summed E-state index contributed by atoms with van der Waals surface area (Å²) in [6, 6.07) is 5.42. The lowest BCUT2D eigenvalue weighted by molar-refractivity contribution is -0.143. The van der Waals surface area contributed by atoms with E-state index in [-0.39, 0.29) is 12.4 Å². The van der Waals surface area contributed by atoms with Crippen LogP contribution in [-0.4, -0.2) is 19.2 Å². The molecule has 0 N–H and O–H groups in total. The molecular formula is C17H20O5. The number of benzene rings is 1. The van der Waals surface area contributed by atoms with E-state index in [4.69, 9.17) is 13.9 Å². The van der Waals surface area contributed by atoms with Crippen molar-refractivity contribution in [3.05, 3.63) is 39.7 Å². The lowest BCUT2D eigenvalue weighted by atomic mass is 10.0. The van der Waals surface area contributed by atoms with Crippen LogP contribution in [0.4, 0.5) is 0 Å². The van der Waals surface area contributed by atoms with Crippen LogP contribution in [0.5, 0.6) is 5.75 Å². The van der Waals surface area contributed by atoms with Crippen LogP contribution in [0, 0.1) is 6.92 Å². The molecule has 0 atom stereocenters. The number of carbonyl (C=O) groups is 1. The molecule has 22 heavy (non-hydrogen) atoms. The Kier molecular flexibility index (Phi) is 5.20. The Labute approximate surface area is 128 Å². The van der Waals surface area contributed by atoms with Crippen LogP contribution in [0.15, 0.2) is 27.4 Å². The number of hydrogen-bond donors (Lipinski definition) is 0. The summed E-state index contributed by atoms with van der Waals surface area (Å²) in [6.45, 7) is 6.39. The van der Waals surface area contributed by atoms with Crippen molar-refractivity contribution in [1.82, 2.24) is 0 Å². The lowest BCUT2D eigenvalue weighted by Crippen LogP contribution is -2.13. The molecule has 1 aromatic heterocycles. The molecule has 0 saturated carbocycles. The van der Waals surface area contributed by atoms with E-state index >= 15 is 0 Å². The number of esters is 1. The third kappa shape index (κ3) is 3.47. The van der Waals surface area contributed by atoms with Gasteiger partial charge in [0, 0.05) is 23.4 Å². The molecule has 2 rings (SSSR count). The first kappa shape index (κ1) is 16.1. The molecule has 0 aliphatic rings. The highest BCUT2D eigenvalue weighted by Gasteiger charge is 2.14. The Morgan fingerprint density at radius 3 is 2.68 bits per heavy atom. The van der Waals surface area contributed by atoms with E-state index < -0.39 is 5.63 Å². The van der Waals surface area contributed by atoms with Gasteiger partial charge < -0.3 is 13.9 Å². The van der Waals surface area contributed by atoms with Crippen LogP contribution in [0.25, 0.3) is 11.0 Å². The first-order valence-electron chi connectivity index (χ1n) is 7.41. The van der Waals surface area contributed by atoms with E-state index in [0.717, 1.165) is 10.9 Å². The molecule has 0 spiro atoms. The normalized spacial score (nSPS) is 10.7. The highest BCUT2D eigenvalue weighted by Crippen LogP contribution is 2.24. The molecule has 2 aromatic rings. The quantitative estimate of drug-likeness (QED) is 0.606. The van der Waals surface area contributed by atoms with Gasteiger partial charge in [0.05, 0.1) is 13.2 Å². The zero-order valence-electron chi connectivity index (χ0n) is 13.1. The van der Waals surface area contributed by atoms with Gasteiger partial charge in [0.2, 0.25) is 0 Å². The van der Waals surface area contributed by atoms with Gasteiger partial charge in [-0.1, -0.05) is 0 Å². The summed E-state index contributed by atoms with van der Waals surface area (Å²) in [6.07, 6.45) is 0.484. The van der Waals surface area contributed by atoms with Crippen molar-refractivity contribution in [2.45, 2.75) is 33.6 Å². The molecule has 0 radical (unpaired) electrons. The summed E-state index contributed by atoms with van der Waals surface area (Å²) < 4.78 is 15.7. The zero-order chi connectivity index (χ0) is 16.1. The SMILES string of the molecule is CCOC(=O)CCc1c(C)c2ccc(OCC)cc2oc1=O. The van der Waals surface area contributed by atoms with Gasteiger partial charge in [-0.2, -0.15) is 0 Å². The molecule has 0 unspecified atom stereocenters. The van der Waals surface area contributed by atoms with E-state index in [1.54, 1.807) is 13.0 Å². The van der Waals surface area contributed by atoms with Gasteiger partial charge in [-0.05, 0) is 44.9 Å². The topological polar surface area (TPSA) is 65.7 Å². The molecule has 0 aliphatic heterocycles. The Bertz CT molecular complexity index is 730. The predicted octanol–water partition coefficient (Wildman–Crippen LogP) is 3.00. The minimum absolute atomic E-state index is 0.169. The maximum absolute atomic E-state index is 12.1. The third-order valence-electron chi connectivity index (χ3n) is 3.45. The number of fused-ring (bicyclic) bond motifs is 1. The fourth-order valence-corrected chi connectivity index (χ4v) is 2.38. The summed E-state index contributed by atoms with van der Waals surface area (Å²) >= 11 is 0. The number of hydrogen-bond acceptors (Lipinski definition) is 5. The largest absolute Gasteiger partial charge is 0.494 e. The summed E-state index contributed by atoms with van der Waals surface area (Å²) in [5.74, 6) is 0.352. The number of aryl methyl sites for hydroxylation is 1. The Morgan fingerprint density at radius 1 is 1.23 bits per heavy atom. The van der Waals surface area contributed by atoms with Crippen LogP contribution in [0.1, 0.15) is 31.4 Å². The number of ether oxygens (including phenoxy) is 2. The molecule has 118 valence electrons. The number of carbonyl (C=O) groups excluding carboxylic acids is 1. The van der Waals surface area contributed by atoms with Crippen LogP contribution in [-0.2, 0) is 16.0 Å². The second kappa shape index (κ2) is 7.11. The Balaban J connectivity index is 2.34. The highest BCUT2D eigenvalue weighted by atomic mass is 16.5. The monoisotopic (exact) mass is 304 g/mol. The van der Waals surface area contributed by atoms with Gasteiger partial charge in [0.15, 0.2) is 0 Å². The third-order valence-corrected chi connectivity index (χ3v) is 3.45. The predicted molar refractivity (Wildman–Crippen MR) is 83.3 cm³/mol. The van der Waals surface area contributed by atoms with Gasteiger partial charge in [0.1, 0.15) is 11.3 Å². The second-order valence-corrected chi connectivity index (χ2v) is 4.89. The van der Waals surface area contributed by atoms with Crippen LogP contribution in [0.2, 0.25) is 0 Å². The van der Waals surface area contributed by atoms with E-state index in [1.165, 1.54) is 0 Å². The van der Waals surface area contributed by atoms with Crippen molar-refractivity contribution in [3.8, 4) is 5.75 Å². The molecule has 5 nitrogen and oxygen atoms in total. The standard InChI is InChI=1S/C17H20O5/c1-4-20-12-6-7-13-11(3)14(8-9-16(18)21-5-2)17(19)22-15(13)10-12/h6-7,10H,4-5,8-9H2,1-3H3. The van der Waals surface area contributed by atoms with E-state index in [2.05, 4.69) is 0 Å². The average Bonchev–Trinajstić information content (AvgIpc) is 2.47. The molecule has 1 aromatic carbocycles. The molecule has 0 bridgehead atoms. The van der Waals surface area contributed by atoms with Crippen molar-refractivity contribution in [2.24, 2.45) is 0 Å². The maximum Gasteiger partial charge on any atom is 0.339 e. The Hall–Kier alpha value is -2.30. The fourth-order valence-electron chi connectivity index (χ4n) is 2.38. The van der Waals surface area contributed by atoms with Crippen molar-refractivity contribution in [2.75, 3.05) is 13.2 Å². The maximum atomic E-state index is 12.1. The molecule has 0 fully saturated rings. The fraction of sp³-hybridized carbons (Fsp3) is 0.412. The molecular weight excluding hydrogens is 284 g/mol. The first-order chi connectivity index (χ1) is 10.6. The van der Waals surface area contributed by atoms with Gasteiger partial charge in [-0.25, -0.2) is 4.79 Å². The van der Waals surface area contributed by atoms with Gasteiger partial charge in [0.25, 0.3) is 0 Å². The van der Waals surface area contributed by atoms with E-state index in [1.807, 2.05) is 26.0 Å².